The Hall–Kier alpha value is -2.42. The molecule has 1 heterocycles. The predicted octanol–water partition coefficient (Wildman–Crippen LogP) is 2.32. The van der Waals surface area contributed by atoms with Gasteiger partial charge in [0.05, 0.1) is 5.69 Å². The molecule has 1 fully saturated rings. The number of sulfonamides is 1. The van der Waals surface area contributed by atoms with Crippen LogP contribution in [0.1, 0.15) is 36.1 Å². The fourth-order valence-electron chi connectivity index (χ4n) is 4.04. The van der Waals surface area contributed by atoms with Crippen LogP contribution in [0.4, 0.5) is 5.69 Å². The van der Waals surface area contributed by atoms with E-state index in [1.54, 1.807) is 0 Å². The van der Waals surface area contributed by atoms with Gasteiger partial charge in [0.15, 0.2) is 0 Å². The van der Waals surface area contributed by atoms with Crippen molar-refractivity contribution in [1.29, 1.82) is 0 Å². The number of hydrogen-bond acceptors (Lipinski definition) is 5. The van der Waals surface area contributed by atoms with Gasteiger partial charge < -0.3 is 5.32 Å². The summed E-state index contributed by atoms with van der Waals surface area (Å²) in [5.74, 6) is -0.345. The van der Waals surface area contributed by atoms with Crippen LogP contribution in [0.5, 0.6) is 0 Å². The average molecular weight is 445 g/mol. The van der Waals surface area contributed by atoms with Crippen molar-refractivity contribution >= 4 is 21.6 Å². The third-order valence-electron chi connectivity index (χ3n) is 5.57. The second-order valence-electron chi connectivity index (χ2n) is 8.49. The summed E-state index contributed by atoms with van der Waals surface area (Å²) in [5, 5.41) is 2.16. The molecule has 2 aromatic rings. The molecule has 2 aromatic carbocycles. The van der Waals surface area contributed by atoms with Gasteiger partial charge in [-0.15, -0.1) is 0 Å². The molecule has 1 aliphatic heterocycles. The van der Waals surface area contributed by atoms with E-state index in [2.05, 4.69) is 16.2 Å². The van der Waals surface area contributed by atoms with Crippen LogP contribution in [-0.4, -0.2) is 38.2 Å². The maximum absolute atomic E-state index is 13.7. The molecule has 168 valence electrons. The SMILES string of the molecule is Cc1ccc(CNC(=O)CN(c2cc(C)cc(C)c2)S(=O)(=O)C2C(C)NNC2C)cc1. The molecule has 31 heavy (non-hydrogen) atoms. The van der Waals surface area contributed by atoms with Crippen molar-refractivity contribution in [3.8, 4) is 0 Å². The largest absolute Gasteiger partial charge is 0.350 e. The maximum Gasteiger partial charge on any atom is 0.241 e. The Morgan fingerprint density at radius 1 is 0.935 bits per heavy atom. The normalized spacial score (nSPS) is 21.1. The minimum absolute atomic E-state index is 0.271. The van der Waals surface area contributed by atoms with Crippen LogP contribution in [0.3, 0.4) is 0 Å². The third-order valence-corrected chi connectivity index (χ3v) is 8.03. The highest BCUT2D eigenvalue weighted by molar-refractivity contribution is 7.93. The van der Waals surface area contributed by atoms with Gasteiger partial charge in [-0.25, -0.2) is 8.42 Å². The van der Waals surface area contributed by atoms with Crippen LogP contribution in [0.15, 0.2) is 42.5 Å². The number of amides is 1. The Bertz CT molecular complexity index is 1010. The highest BCUT2D eigenvalue weighted by Crippen LogP contribution is 2.27. The Kier molecular flexibility index (Phi) is 7.03. The number of carbonyl (C=O) groups excluding carboxylic acids is 1. The zero-order valence-corrected chi connectivity index (χ0v) is 19.6. The minimum atomic E-state index is -3.82. The average Bonchev–Trinajstić information content (AvgIpc) is 3.03. The number of nitrogens with zero attached hydrogens (tertiary/aromatic N) is 1. The molecule has 2 atom stereocenters. The lowest BCUT2D eigenvalue weighted by molar-refractivity contribution is -0.119. The van der Waals surface area contributed by atoms with Crippen molar-refractivity contribution in [1.82, 2.24) is 16.2 Å². The first-order valence-corrected chi connectivity index (χ1v) is 12.0. The van der Waals surface area contributed by atoms with E-state index in [0.29, 0.717) is 12.2 Å². The topological polar surface area (TPSA) is 90.5 Å². The molecule has 1 saturated heterocycles. The fourth-order valence-corrected chi connectivity index (χ4v) is 6.20. The molecule has 0 spiro atoms. The summed E-state index contributed by atoms with van der Waals surface area (Å²) in [6, 6.07) is 12.9. The van der Waals surface area contributed by atoms with Crippen LogP contribution < -0.4 is 20.5 Å². The molecule has 2 unspecified atom stereocenters. The monoisotopic (exact) mass is 444 g/mol. The molecule has 0 aliphatic carbocycles. The molecule has 0 aromatic heterocycles. The third kappa shape index (κ3) is 5.44. The van der Waals surface area contributed by atoms with E-state index < -0.39 is 15.3 Å². The van der Waals surface area contributed by atoms with E-state index in [0.717, 1.165) is 22.3 Å². The highest BCUT2D eigenvalue weighted by atomic mass is 32.2. The number of carbonyl (C=O) groups is 1. The first kappa shape index (κ1) is 23.2. The molecule has 7 nitrogen and oxygen atoms in total. The summed E-state index contributed by atoms with van der Waals surface area (Å²) < 4.78 is 28.6. The maximum atomic E-state index is 13.7. The molecule has 0 saturated carbocycles. The molecular weight excluding hydrogens is 412 g/mol. The number of rotatable bonds is 7. The van der Waals surface area contributed by atoms with Crippen molar-refractivity contribution < 1.29 is 13.2 Å². The number of aryl methyl sites for hydroxylation is 3. The van der Waals surface area contributed by atoms with Gasteiger partial charge in [0.25, 0.3) is 0 Å². The number of nitrogens with one attached hydrogen (secondary N) is 3. The number of hydrazine groups is 1. The van der Waals surface area contributed by atoms with Gasteiger partial charge in [-0.3, -0.25) is 20.0 Å². The second-order valence-corrected chi connectivity index (χ2v) is 10.5. The summed E-state index contributed by atoms with van der Waals surface area (Å²) >= 11 is 0. The molecule has 0 radical (unpaired) electrons. The molecule has 3 rings (SSSR count). The van der Waals surface area contributed by atoms with E-state index >= 15 is 0 Å². The van der Waals surface area contributed by atoms with E-state index in [4.69, 9.17) is 0 Å². The van der Waals surface area contributed by atoms with Gasteiger partial charge in [0.2, 0.25) is 15.9 Å². The molecule has 0 bridgehead atoms. The van der Waals surface area contributed by atoms with Crippen molar-refractivity contribution in [3.63, 3.8) is 0 Å². The highest BCUT2D eigenvalue weighted by Gasteiger charge is 2.44. The Morgan fingerprint density at radius 2 is 1.48 bits per heavy atom. The van der Waals surface area contributed by atoms with Crippen molar-refractivity contribution in [3.05, 3.63) is 64.7 Å². The van der Waals surface area contributed by atoms with Gasteiger partial charge in [-0.05, 0) is 63.4 Å². The first-order chi connectivity index (χ1) is 14.6. The van der Waals surface area contributed by atoms with Gasteiger partial charge >= 0.3 is 0 Å². The first-order valence-electron chi connectivity index (χ1n) is 10.5. The molecule has 8 heteroatoms. The Morgan fingerprint density at radius 3 is 2.03 bits per heavy atom. The molecule has 1 aliphatic rings. The van der Waals surface area contributed by atoms with Crippen LogP contribution in [0.2, 0.25) is 0 Å². The van der Waals surface area contributed by atoms with Crippen molar-refractivity contribution in [2.75, 3.05) is 10.8 Å². The number of benzene rings is 2. The van der Waals surface area contributed by atoms with Crippen molar-refractivity contribution in [2.45, 2.75) is 58.5 Å². The summed E-state index contributed by atoms with van der Waals surface area (Å²) in [7, 11) is -3.82. The summed E-state index contributed by atoms with van der Waals surface area (Å²) in [4.78, 5) is 12.8. The Balaban J connectivity index is 1.87. The molecular formula is C23H32N4O3S. The predicted molar refractivity (Wildman–Crippen MR) is 124 cm³/mol. The quantitative estimate of drug-likeness (QED) is 0.610. The van der Waals surface area contributed by atoms with Gasteiger partial charge in [-0.2, -0.15) is 0 Å². The summed E-state index contributed by atoms with van der Waals surface area (Å²) in [6.07, 6.45) is 0. The van der Waals surface area contributed by atoms with Crippen LogP contribution >= 0.6 is 0 Å². The number of anilines is 1. The van der Waals surface area contributed by atoms with E-state index in [-0.39, 0.29) is 24.5 Å². The molecule has 3 N–H and O–H groups in total. The lowest BCUT2D eigenvalue weighted by atomic mass is 10.1. The lowest BCUT2D eigenvalue weighted by Crippen LogP contribution is -2.50. The van der Waals surface area contributed by atoms with Crippen LogP contribution in [0, 0.1) is 20.8 Å². The zero-order chi connectivity index (χ0) is 22.8. The van der Waals surface area contributed by atoms with Gasteiger partial charge in [-0.1, -0.05) is 35.9 Å². The summed E-state index contributed by atoms with van der Waals surface area (Å²) in [6.45, 7) is 9.58. The van der Waals surface area contributed by atoms with Gasteiger partial charge in [0, 0.05) is 18.6 Å². The van der Waals surface area contributed by atoms with Crippen molar-refractivity contribution in [2.24, 2.45) is 0 Å². The van der Waals surface area contributed by atoms with E-state index in [9.17, 15) is 13.2 Å². The zero-order valence-electron chi connectivity index (χ0n) is 18.8. The Labute approximate surface area is 185 Å². The van der Waals surface area contributed by atoms with Crippen LogP contribution in [0.25, 0.3) is 0 Å². The standard InChI is InChI=1S/C23H32N4O3S/c1-15-6-8-20(9-7-15)13-24-22(28)14-27(21-11-16(2)10-17(3)12-21)31(29,30)23-18(4)25-26-19(23)5/h6-12,18-19,23,25-26H,13-14H2,1-5H3,(H,24,28). The van der Waals surface area contributed by atoms with Gasteiger partial charge in [0.1, 0.15) is 11.8 Å². The number of hydrogen-bond donors (Lipinski definition) is 3. The molecule has 1 amide bonds. The lowest BCUT2D eigenvalue weighted by Gasteiger charge is -2.30. The smallest absolute Gasteiger partial charge is 0.241 e. The minimum Gasteiger partial charge on any atom is -0.350 e. The fraction of sp³-hybridized carbons (Fsp3) is 0.435. The van der Waals surface area contributed by atoms with E-state index in [1.165, 1.54) is 4.31 Å². The second kappa shape index (κ2) is 9.38. The summed E-state index contributed by atoms with van der Waals surface area (Å²) in [5.41, 5.74) is 10.5. The van der Waals surface area contributed by atoms with E-state index in [1.807, 2.05) is 77.1 Å². The van der Waals surface area contributed by atoms with Crippen LogP contribution in [-0.2, 0) is 21.4 Å².